The lowest BCUT2D eigenvalue weighted by Crippen LogP contribution is -2.49. The van der Waals surface area contributed by atoms with Crippen molar-refractivity contribution < 1.29 is 33.4 Å². The Morgan fingerprint density at radius 2 is 1.68 bits per heavy atom. The molecule has 2 aromatic rings. The molecule has 3 amide bonds. The van der Waals surface area contributed by atoms with Crippen LogP contribution in [0.5, 0.6) is 5.75 Å². The van der Waals surface area contributed by atoms with Gasteiger partial charge in [-0.15, -0.1) is 0 Å². The molecule has 1 fully saturated rings. The van der Waals surface area contributed by atoms with E-state index in [0.717, 1.165) is 4.90 Å². The molecule has 1 saturated heterocycles. The molecular formula is C24H25ClN2O7. The number of esters is 1. The summed E-state index contributed by atoms with van der Waals surface area (Å²) in [5.74, 6) is -1.55. The van der Waals surface area contributed by atoms with Crippen LogP contribution >= 0.6 is 11.6 Å². The van der Waals surface area contributed by atoms with Gasteiger partial charge in [0.05, 0.1) is 25.1 Å². The molecule has 0 saturated carbocycles. The van der Waals surface area contributed by atoms with Gasteiger partial charge in [0.25, 0.3) is 5.91 Å². The lowest BCUT2D eigenvalue weighted by Gasteiger charge is -2.30. The monoisotopic (exact) mass is 488 g/mol. The molecule has 34 heavy (non-hydrogen) atoms. The first-order valence-electron chi connectivity index (χ1n) is 10.5. The third-order valence-electron chi connectivity index (χ3n) is 5.32. The molecule has 3 rings (SSSR count). The number of hydrogen-bond acceptors (Lipinski definition) is 7. The highest BCUT2D eigenvalue weighted by molar-refractivity contribution is 6.30. The first-order chi connectivity index (χ1) is 16.2. The standard InChI is InChI=1S/C24H25ClN2O7/c1-15(28)34-19-10-8-18(9-11-19)27-22(30)13-20(24(27)31)26(14-23(32-2)33-3)21(29)12-16-4-6-17(25)7-5-16/h4-11,20,23H,12-14H2,1-3H3. The summed E-state index contributed by atoms with van der Waals surface area (Å²) in [6, 6.07) is 11.8. The van der Waals surface area contributed by atoms with E-state index in [9.17, 15) is 19.2 Å². The number of amides is 3. The SMILES string of the molecule is COC(CN(C(=O)Cc1ccc(Cl)cc1)C1CC(=O)N(c2ccc(OC(C)=O)cc2)C1=O)OC. The van der Waals surface area contributed by atoms with Gasteiger partial charge in [-0.05, 0) is 42.0 Å². The Morgan fingerprint density at radius 1 is 1.06 bits per heavy atom. The summed E-state index contributed by atoms with van der Waals surface area (Å²) in [4.78, 5) is 52.8. The summed E-state index contributed by atoms with van der Waals surface area (Å²) in [5.41, 5.74) is 1.02. The van der Waals surface area contributed by atoms with Crippen molar-refractivity contribution in [1.29, 1.82) is 0 Å². The number of imide groups is 1. The molecule has 0 aliphatic carbocycles. The number of hydrogen-bond donors (Lipinski definition) is 0. The number of carbonyl (C=O) groups is 4. The second-order valence-corrected chi connectivity index (χ2v) is 8.06. The molecule has 1 aliphatic heterocycles. The number of nitrogens with zero attached hydrogens (tertiary/aromatic N) is 2. The highest BCUT2D eigenvalue weighted by Crippen LogP contribution is 2.28. The van der Waals surface area contributed by atoms with Crippen LogP contribution in [0.2, 0.25) is 5.02 Å². The lowest BCUT2D eigenvalue weighted by molar-refractivity contribution is -0.152. The summed E-state index contributed by atoms with van der Waals surface area (Å²) in [7, 11) is 2.85. The fraction of sp³-hybridized carbons (Fsp3) is 0.333. The fourth-order valence-electron chi connectivity index (χ4n) is 3.65. The molecule has 1 unspecified atom stereocenters. The maximum Gasteiger partial charge on any atom is 0.308 e. The Labute approximate surface area is 202 Å². The van der Waals surface area contributed by atoms with E-state index in [2.05, 4.69) is 0 Å². The second-order valence-electron chi connectivity index (χ2n) is 7.63. The number of benzene rings is 2. The fourth-order valence-corrected chi connectivity index (χ4v) is 3.77. The summed E-state index contributed by atoms with van der Waals surface area (Å²) in [6.45, 7) is 1.23. The van der Waals surface area contributed by atoms with Crippen LogP contribution in [-0.2, 0) is 35.1 Å². The van der Waals surface area contributed by atoms with E-state index in [1.54, 1.807) is 24.3 Å². The van der Waals surface area contributed by atoms with Gasteiger partial charge in [-0.25, -0.2) is 4.90 Å². The van der Waals surface area contributed by atoms with Crippen molar-refractivity contribution >= 4 is 41.0 Å². The predicted molar refractivity (Wildman–Crippen MR) is 123 cm³/mol. The molecule has 10 heteroatoms. The van der Waals surface area contributed by atoms with Crippen molar-refractivity contribution in [3.63, 3.8) is 0 Å². The van der Waals surface area contributed by atoms with E-state index < -0.39 is 30.1 Å². The number of halogens is 1. The van der Waals surface area contributed by atoms with Gasteiger partial charge in [0.15, 0.2) is 6.29 Å². The highest BCUT2D eigenvalue weighted by Gasteiger charge is 2.45. The molecule has 9 nitrogen and oxygen atoms in total. The molecule has 180 valence electrons. The Hall–Kier alpha value is -3.27. The molecule has 1 atom stereocenters. The van der Waals surface area contributed by atoms with Crippen LogP contribution in [0.3, 0.4) is 0 Å². The van der Waals surface area contributed by atoms with Gasteiger partial charge in [0.1, 0.15) is 11.8 Å². The Bertz CT molecular complexity index is 1050. The van der Waals surface area contributed by atoms with Crippen LogP contribution in [0.1, 0.15) is 18.9 Å². The van der Waals surface area contributed by atoms with Crippen molar-refractivity contribution in [2.75, 3.05) is 25.7 Å². The van der Waals surface area contributed by atoms with E-state index in [-0.39, 0.29) is 31.0 Å². The van der Waals surface area contributed by atoms with E-state index in [4.69, 9.17) is 25.8 Å². The average molecular weight is 489 g/mol. The van der Waals surface area contributed by atoms with E-state index in [0.29, 0.717) is 16.3 Å². The van der Waals surface area contributed by atoms with Crippen LogP contribution in [0.15, 0.2) is 48.5 Å². The van der Waals surface area contributed by atoms with E-state index >= 15 is 0 Å². The van der Waals surface area contributed by atoms with Crippen molar-refractivity contribution in [1.82, 2.24) is 4.90 Å². The summed E-state index contributed by atoms with van der Waals surface area (Å²) >= 11 is 5.92. The van der Waals surface area contributed by atoms with Gasteiger partial charge in [0, 0.05) is 26.2 Å². The minimum absolute atomic E-state index is 0.00632. The number of ether oxygens (including phenoxy) is 3. The third-order valence-corrected chi connectivity index (χ3v) is 5.57. The average Bonchev–Trinajstić information content (AvgIpc) is 3.10. The number of anilines is 1. The maximum atomic E-state index is 13.3. The van der Waals surface area contributed by atoms with Crippen LogP contribution < -0.4 is 9.64 Å². The maximum absolute atomic E-state index is 13.3. The van der Waals surface area contributed by atoms with Gasteiger partial charge >= 0.3 is 5.97 Å². The van der Waals surface area contributed by atoms with Crippen LogP contribution in [0, 0.1) is 0 Å². The first kappa shape index (κ1) is 25.4. The molecule has 0 N–H and O–H groups in total. The summed E-state index contributed by atoms with van der Waals surface area (Å²) in [5, 5.41) is 0.541. The third kappa shape index (κ3) is 5.99. The Kier molecular flexibility index (Phi) is 8.38. The normalized spacial score (nSPS) is 15.7. The highest BCUT2D eigenvalue weighted by atomic mass is 35.5. The largest absolute Gasteiger partial charge is 0.427 e. The second kappa shape index (κ2) is 11.2. The molecule has 2 aromatic carbocycles. The van der Waals surface area contributed by atoms with Crippen molar-refractivity contribution in [2.45, 2.75) is 32.1 Å². The predicted octanol–water partition coefficient (Wildman–Crippen LogP) is 2.59. The molecule has 0 aromatic heterocycles. The zero-order valence-corrected chi connectivity index (χ0v) is 19.8. The van der Waals surface area contributed by atoms with Crippen molar-refractivity contribution in [3.8, 4) is 5.75 Å². The van der Waals surface area contributed by atoms with Crippen molar-refractivity contribution in [3.05, 3.63) is 59.1 Å². The molecule has 0 bridgehead atoms. The van der Waals surface area contributed by atoms with Gasteiger partial charge in [0.2, 0.25) is 11.8 Å². The minimum Gasteiger partial charge on any atom is -0.427 e. The van der Waals surface area contributed by atoms with Crippen LogP contribution in [0.25, 0.3) is 0 Å². The van der Waals surface area contributed by atoms with Gasteiger partial charge in [-0.1, -0.05) is 23.7 Å². The van der Waals surface area contributed by atoms with Gasteiger partial charge < -0.3 is 19.1 Å². The van der Waals surface area contributed by atoms with Crippen LogP contribution in [0.4, 0.5) is 5.69 Å². The number of rotatable bonds is 9. The molecule has 0 spiro atoms. The number of carbonyl (C=O) groups excluding carboxylic acids is 4. The molecule has 0 radical (unpaired) electrons. The Balaban J connectivity index is 1.84. The van der Waals surface area contributed by atoms with Crippen LogP contribution in [-0.4, -0.2) is 61.7 Å². The van der Waals surface area contributed by atoms with E-state index in [1.165, 1.54) is 50.3 Å². The zero-order valence-electron chi connectivity index (χ0n) is 19.0. The minimum atomic E-state index is -1.02. The quantitative estimate of drug-likeness (QED) is 0.231. The topological polar surface area (TPSA) is 102 Å². The van der Waals surface area contributed by atoms with Gasteiger partial charge in [-0.3, -0.25) is 19.2 Å². The smallest absolute Gasteiger partial charge is 0.308 e. The Morgan fingerprint density at radius 3 is 2.24 bits per heavy atom. The molecule has 1 aliphatic rings. The zero-order chi connectivity index (χ0) is 24.8. The van der Waals surface area contributed by atoms with Crippen molar-refractivity contribution in [2.24, 2.45) is 0 Å². The summed E-state index contributed by atoms with van der Waals surface area (Å²) < 4.78 is 15.5. The lowest BCUT2D eigenvalue weighted by atomic mass is 10.1. The van der Waals surface area contributed by atoms with Gasteiger partial charge in [-0.2, -0.15) is 0 Å². The molecule has 1 heterocycles. The summed E-state index contributed by atoms with van der Waals surface area (Å²) in [6.07, 6.45) is -0.960. The van der Waals surface area contributed by atoms with E-state index in [1.807, 2.05) is 0 Å². The number of methoxy groups -OCH3 is 2. The molecular weight excluding hydrogens is 464 g/mol. The first-order valence-corrected chi connectivity index (χ1v) is 10.9.